The zero-order valence-corrected chi connectivity index (χ0v) is 13.1. The van der Waals surface area contributed by atoms with Crippen LogP contribution in [0.25, 0.3) is 0 Å². The average Bonchev–Trinajstić information content (AvgIpc) is 2.47. The summed E-state index contributed by atoms with van der Waals surface area (Å²) in [4.78, 5) is 17.8. The molecule has 0 radical (unpaired) electrons. The first-order valence-corrected chi connectivity index (χ1v) is 7.04. The molecule has 2 aromatic rings. The van der Waals surface area contributed by atoms with Crippen LogP contribution >= 0.6 is 11.6 Å². The summed E-state index contributed by atoms with van der Waals surface area (Å²) < 4.78 is 0. The number of nitrogens with one attached hydrogen (secondary N) is 1. The number of pyridine rings is 1. The summed E-state index contributed by atoms with van der Waals surface area (Å²) in [6.07, 6.45) is 3.49. The van der Waals surface area contributed by atoms with Gasteiger partial charge in [0.2, 0.25) is 0 Å². The van der Waals surface area contributed by atoms with Crippen LogP contribution in [0.4, 0.5) is 5.69 Å². The highest BCUT2D eigenvalue weighted by Gasteiger charge is 2.15. The van der Waals surface area contributed by atoms with E-state index in [4.69, 9.17) is 11.6 Å². The minimum Gasteiger partial charge on any atom is -0.378 e. The van der Waals surface area contributed by atoms with Gasteiger partial charge in [-0.15, -0.1) is 0 Å². The van der Waals surface area contributed by atoms with Gasteiger partial charge in [-0.3, -0.25) is 9.78 Å². The monoisotopic (exact) mass is 303 g/mol. The Balaban J connectivity index is 2.30. The fourth-order valence-corrected chi connectivity index (χ4v) is 2.20. The van der Waals surface area contributed by atoms with Crippen LogP contribution in [0.15, 0.2) is 42.7 Å². The fourth-order valence-electron chi connectivity index (χ4n) is 2.03. The normalized spacial score (nSPS) is 11.8. The van der Waals surface area contributed by atoms with Crippen LogP contribution in [-0.4, -0.2) is 29.9 Å². The summed E-state index contributed by atoms with van der Waals surface area (Å²) in [5.74, 6) is -0.0592. The minimum absolute atomic E-state index is 0.0418. The quantitative estimate of drug-likeness (QED) is 0.938. The van der Waals surface area contributed by atoms with Crippen LogP contribution in [-0.2, 0) is 0 Å². The summed E-state index contributed by atoms with van der Waals surface area (Å²) in [7, 11) is 3.46. The highest BCUT2D eigenvalue weighted by Crippen LogP contribution is 2.26. The molecule has 0 saturated carbocycles. The maximum atomic E-state index is 12.2. The smallest absolute Gasteiger partial charge is 0.255 e. The fraction of sp³-hybridized carbons (Fsp3) is 0.250. The van der Waals surface area contributed by atoms with Gasteiger partial charge in [-0.2, -0.15) is 0 Å². The van der Waals surface area contributed by atoms with E-state index in [1.54, 1.807) is 49.6 Å². The molecule has 0 aliphatic heterocycles. The van der Waals surface area contributed by atoms with Gasteiger partial charge < -0.3 is 10.2 Å². The SMILES string of the molecule is CC(Nc1cc(Cl)ccc1C(=O)N(C)C)c1ccncc1. The van der Waals surface area contributed by atoms with Crippen molar-refractivity contribution in [3.05, 3.63) is 58.9 Å². The van der Waals surface area contributed by atoms with E-state index < -0.39 is 0 Å². The number of hydrogen-bond donors (Lipinski definition) is 1. The number of benzene rings is 1. The first kappa shape index (κ1) is 15.3. The van der Waals surface area contributed by atoms with Crippen molar-refractivity contribution in [3.63, 3.8) is 0 Å². The maximum absolute atomic E-state index is 12.2. The Morgan fingerprint density at radius 3 is 2.52 bits per heavy atom. The van der Waals surface area contributed by atoms with Crippen LogP contribution in [0, 0.1) is 0 Å². The number of anilines is 1. The van der Waals surface area contributed by atoms with Gasteiger partial charge in [0.05, 0.1) is 5.56 Å². The van der Waals surface area contributed by atoms with Crippen molar-refractivity contribution in [1.29, 1.82) is 0 Å². The predicted octanol–water partition coefficient (Wildman–Crippen LogP) is 3.61. The molecule has 1 aromatic carbocycles. The average molecular weight is 304 g/mol. The van der Waals surface area contributed by atoms with E-state index in [0.717, 1.165) is 11.3 Å². The van der Waals surface area contributed by atoms with Crippen LogP contribution < -0.4 is 5.32 Å². The Bertz CT molecular complexity index is 629. The number of carbonyl (C=O) groups excluding carboxylic acids is 1. The number of halogens is 1. The molecule has 0 aliphatic carbocycles. The van der Waals surface area contributed by atoms with Gasteiger partial charge in [-0.05, 0) is 42.8 Å². The predicted molar refractivity (Wildman–Crippen MR) is 85.7 cm³/mol. The number of nitrogens with zero attached hydrogens (tertiary/aromatic N) is 2. The molecule has 1 N–H and O–H groups in total. The van der Waals surface area contributed by atoms with Crippen molar-refractivity contribution < 1.29 is 4.79 Å². The molecule has 2 rings (SSSR count). The molecule has 1 heterocycles. The highest BCUT2D eigenvalue weighted by atomic mass is 35.5. The van der Waals surface area contributed by atoms with Crippen molar-refractivity contribution >= 4 is 23.2 Å². The number of hydrogen-bond acceptors (Lipinski definition) is 3. The van der Waals surface area contributed by atoms with E-state index in [1.807, 2.05) is 19.1 Å². The zero-order valence-electron chi connectivity index (χ0n) is 12.3. The standard InChI is InChI=1S/C16H18ClN3O/c1-11(12-6-8-18-9-7-12)19-15-10-13(17)4-5-14(15)16(21)20(2)3/h4-11,19H,1-3H3. The molecule has 1 unspecified atom stereocenters. The second kappa shape index (κ2) is 6.59. The van der Waals surface area contributed by atoms with Crippen LogP contribution in [0.3, 0.4) is 0 Å². The molecule has 4 nitrogen and oxygen atoms in total. The van der Waals surface area contributed by atoms with Crippen molar-refractivity contribution in [2.45, 2.75) is 13.0 Å². The number of carbonyl (C=O) groups is 1. The van der Waals surface area contributed by atoms with Crippen LogP contribution in [0.2, 0.25) is 5.02 Å². The molecule has 1 aromatic heterocycles. The first-order chi connectivity index (χ1) is 9.99. The van der Waals surface area contributed by atoms with Gasteiger partial charge in [-0.25, -0.2) is 0 Å². The Morgan fingerprint density at radius 2 is 1.90 bits per heavy atom. The van der Waals surface area contributed by atoms with Crippen molar-refractivity contribution in [1.82, 2.24) is 9.88 Å². The lowest BCUT2D eigenvalue weighted by Crippen LogP contribution is -2.23. The van der Waals surface area contributed by atoms with Crippen molar-refractivity contribution in [3.8, 4) is 0 Å². The van der Waals surface area contributed by atoms with Gasteiger partial charge in [-0.1, -0.05) is 11.6 Å². The summed E-state index contributed by atoms with van der Waals surface area (Å²) >= 11 is 6.06. The van der Waals surface area contributed by atoms with Crippen LogP contribution in [0.5, 0.6) is 0 Å². The molecule has 0 fully saturated rings. The minimum atomic E-state index is -0.0592. The largest absolute Gasteiger partial charge is 0.378 e. The third-order valence-corrected chi connectivity index (χ3v) is 3.43. The molecule has 5 heteroatoms. The Labute approximate surface area is 129 Å². The molecule has 0 aliphatic rings. The van der Waals surface area contributed by atoms with E-state index in [2.05, 4.69) is 10.3 Å². The number of amides is 1. The molecule has 110 valence electrons. The summed E-state index contributed by atoms with van der Waals surface area (Å²) in [5, 5.41) is 3.94. The molecule has 1 amide bonds. The Hall–Kier alpha value is -2.07. The topological polar surface area (TPSA) is 45.2 Å². The molecular weight excluding hydrogens is 286 g/mol. The van der Waals surface area contributed by atoms with Crippen molar-refractivity contribution in [2.75, 3.05) is 19.4 Å². The Kier molecular flexibility index (Phi) is 4.81. The van der Waals surface area contributed by atoms with Gasteiger partial charge in [0.25, 0.3) is 5.91 Å². The third kappa shape index (κ3) is 3.73. The van der Waals surface area contributed by atoms with E-state index in [9.17, 15) is 4.79 Å². The Morgan fingerprint density at radius 1 is 1.24 bits per heavy atom. The zero-order chi connectivity index (χ0) is 15.4. The van der Waals surface area contributed by atoms with E-state index in [1.165, 1.54) is 0 Å². The summed E-state index contributed by atoms with van der Waals surface area (Å²) in [6.45, 7) is 2.03. The van der Waals surface area contributed by atoms with Gasteiger partial charge in [0.15, 0.2) is 0 Å². The molecule has 1 atom stereocenters. The molecule has 0 spiro atoms. The lowest BCUT2D eigenvalue weighted by molar-refractivity contribution is 0.0828. The van der Waals surface area contributed by atoms with Crippen molar-refractivity contribution in [2.24, 2.45) is 0 Å². The van der Waals surface area contributed by atoms with Gasteiger partial charge in [0, 0.05) is 43.2 Å². The molecule has 0 saturated heterocycles. The maximum Gasteiger partial charge on any atom is 0.255 e. The third-order valence-electron chi connectivity index (χ3n) is 3.20. The number of rotatable bonds is 4. The highest BCUT2D eigenvalue weighted by molar-refractivity contribution is 6.31. The van der Waals surface area contributed by atoms with Gasteiger partial charge >= 0.3 is 0 Å². The number of aromatic nitrogens is 1. The molecule has 0 bridgehead atoms. The van der Waals surface area contributed by atoms with E-state index >= 15 is 0 Å². The second-order valence-corrected chi connectivity index (χ2v) is 5.47. The lowest BCUT2D eigenvalue weighted by Gasteiger charge is -2.20. The second-order valence-electron chi connectivity index (χ2n) is 5.04. The van der Waals surface area contributed by atoms with Gasteiger partial charge in [0.1, 0.15) is 0 Å². The van der Waals surface area contributed by atoms with E-state index in [0.29, 0.717) is 10.6 Å². The van der Waals surface area contributed by atoms with Crippen LogP contribution in [0.1, 0.15) is 28.9 Å². The summed E-state index contributed by atoms with van der Waals surface area (Å²) in [5.41, 5.74) is 2.42. The lowest BCUT2D eigenvalue weighted by atomic mass is 10.1. The molecular formula is C16H18ClN3O. The van der Waals surface area contributed by atoms with E-state index in [-0.39, 0.29) is 11.9 Å². The molecule has 21 heavy (non-hydrogen) atoms. The summed E-state index contributed by atoms with van der Waals surface area (Å²) in [6, 6.07) is 9.16. The first-order valence-electron chi connectivity index (χ1n) is 6.66.